The third-order valence-corrected chi connectivity index (χ3v) is 10.3. The van der Waals surface area contributed by atoms with Crippen molar-refractivity contribution in [3.8, 4) is 22.3 Å². The van der Waals surface area contributed by atoms with Gasteiger partial charge < -0.3 is 4.98 Å². The minimum Gasteiger partial charge on any atom is -0.354 e. The Bertz CT molecular complexity index is 1770. The lowest BCUT2D eigenvalue weighted by Gasteiger charge is -2.33. The number of aromatic amines is 1. The lowest BCUT2D eigenvalue weighted by Crippen LogP contribution is -2.25. The van der Waals surface area contributed by atoms with Gasteiger partial charge in [-0.15, -0.1) is 0 Å². The predicted molar refractivity (Wildman–Crippen MR) is 190 cm³/mol. The van der Waals surface area contributed by atoms with E-state index in [0.717, 1.165) is 31.2 Å². The Kier molecular flexibility index (Phi) is 9.68. The monoisotopic (exact) mass is 600 g/mol. The number of nitrogens with one attached hydrogen (secondary N) is 1. The van der Waals surface area contributed by atoms with Gasteiger partial charge in [-0.2, -0.15) is 0 Å². The fraction of sp³-hybridized carbons (Fsp3) is 0.415. The van der Waals surface area contributed by atoms with E-state index in [1.807, 2.05) is 12.1 Å². The molecular formula is C41H48N2O2. The molecule has 0 bridgehead atoms. The molecule has 0 unspecified atom stereocenters. The van der Waals surface area contributed by atoms with Crippen molar-refractivity contribution in [3.63, 3.8) is 0 Å². The Balaban J connectivity index is 1.44. The summed E-state index contributed by atoms with van der Waals surface area (Å²) in [5.41, 5.74) is 9.72. The summed E-state index contributed by atoms with van der Waals surface area (Å²) in [6.07, 6.45) is 17.0. The predicted octanol–water partition coefficient (Wildman–Crippen LogP) is 12.7. The molecule has 0 amide bonds. The highest BCUT2D eigenvalue weighted by atomic mass is 16.6. The number of non-ortho nitro benzene ring substituents is 1. The zero-order valence-electron chi connectivity index (χ0n) is 27.2. The van der Waals surface area contributed by atoms with Crippen molar-refractivity contribution < 1.29 is 4.92 Å². The topological polar surface area (TPSA) is 58.9 Å². The number of benzene rings is 4. The average Bonchev–Trinajstić information content (AvgIpc) is 3.57. The fourth-order valence-corrected chi connectivity index (χ4v) is 7.96. The first-order chi connectivity index (χ1) is 22.1. The Morgan fingerprint density at radius 2 is 1.22 bits per heavy atom. The van der Waals surface area contributed by atoms with Crippen molar-refractivity contribution in [3.05, 3.63) is 100 Å². The Hall–Kier alpha value is -3.92. The normalized spacial score (nSPS) is 13.4. The van der Waals surface area contributed by atoms with Crippen LogP contribution in [0.5, 0.6) is 0 Å². The minimum absolute atomic E-state index is 0.208. The zero-order valence-corrected chi connectivity index (χ0v) is 27.2. The number of fused-ring (bicyclic) bond motifs is 6. The summed E-state index contributed by atoms with van der Waals surface area (Å²) in [6.45, 7) is 4.53. The molecule has 1 aliphatic carbocycles. The molecule has 4 heteroatoms. The number of H-pyrrole nitrogens is 1. The molecular weight excluding hydrogens is 552 g/mol. The highest BCUT2D eigenvalue weighted by molar-refractivity contribution is 6.11. The van der Waals surface area contributed by atoms with Gasteiger partial charge in [-0.3, -0.25) is 10.1 Å². The van der Waals surface area contributed by atoms with Crippen molar-refractivity contribution in [2.75, 3.05) is 0 Å². The Morgan fingerprint density at radius 1 is 0.622 bits per heavy atom. The largest absolute Gasteiger partial charge is 0.354 e. The second-order valence-corrected chi connectivity index (χ2v) is 13.3. The van der Waals surface area contributed by atoms with Crippen LogP contribution in [0.4, 0.5) is 5.69 Å². The third kappa shape index (κ3) is 6.17. The molecule has 1 aliphatic rings. The molecule has 0 radical (unpaired) electrons. The smallest absolute Gasteiger partial charge is 0.269 e. The SMILES string of the molecule is CCCCCCCCC1(CCCCCCCC)c2cc(-c3cccc4c3[nH]c3ccccc34)ccc2-c2ccc([N+](=O)[O-])cc21. The second kappa shape index (κ2) is 14.0. The van der Waals surface area contributed by atoms with Gasteiger partial charge in [0, 0.05) is 39.4 Å². The molecule has 0 saturated heterocycles. The average molecular weight is 601 g/mol. The van der Waals surface area contributed by atoms with Crippen molar-refractivity contribution in [2.24, 2.45) is 0 Å². The summed E-state index contributed by atoms with van der Waals surface area (Å²) in [5, 5.41) is 14.5. The summed E-state index contributed by atoms with van der Waals surface area (Å²) in [4.78, 5) is 15.5. The molecule has 5 aromatic rings. The van der Waals surface area contributed by atoms with E-state index in [-0.39, 0.29) is 16.0 Å². The number of hydrogen-bond donors (Lipinski definition) is 1. The number of para-hydroxylation sites is 2. The number of nitro groups is 1. The molecule has 4 aromatic carbocycles. The van der Waals surface area contributed by atoms with E-state index in [9.17, 15) is 10.1 Å². The van der Waals surface area contributed by atoms with Gasteiger partial charge in [0.2, 0.25) is 0 Å². The van der Waals surface area contributed by atoms with Crippen LogP contribution in [0, 0.1) is 10.1 Å². The molecule has 6 rings (SSSR count). The molecule has 0 atom stereocenters. The highest BCUT2D eigenvalue weighted by Crippen LogP contribution is 2.56. The number of rotatable bonds is 16. The summed E-state index contributed by atoms with van der Waals surface area (Å²) in [5.74, 6) is 0. The Morgan fingerprint density at radius 3 is 1.91 bits per heavy atom. The van der Waals surface area contributed by atoms with Gasteiger partial charge in [0.05, 0.1) is 10.4 Å². The minimum atomic E-state index is -0.217. The number of nitro benzene ring substituents is 1. The summed E-state index contributed by atoms with van der Waals surface area (Å²) < 4.78 is 0. The van der Waals surface area contributed by atoms with Gasteiger partial charge in [-0.1, -0.05) is 139 Å². The van der Waals surface area contributed by atoms with Crippen LogP contribution in [0.3, 0.4) is 0 Å². The van der Waals surface area contributed by atoms with E-state index >= 15 is 0 Å². The van der Waals surface area contributed by atoms with Gasteiger partial charge in [0.15, 0.2) is 0 Å². The van der Waals surface area contributed by atoms with Crippen LogP contribution in [-0.2, 0) is 5.41 Å². The number of hydrogen-bond acceptors (Lipinski definition) is 2. The summed E-state index contributed by atoms with van der Waals surface area (Å²) >= 11 is 0. The summed E-state index contributed by atoms with van der Waals surface area (Å²) in [6, 6.07) is 27.8. The molecule has 0 aliphatic heterocycles. The molecule has 45 heavy (non-hydrogen) atoms. The van der Waals surface area contributed by atoms with E-state index in [2.05, 4.69) is 79.5 Å². The third-order valence-electron chi connectivity index (χ3n) is 10.3. The number of aromatic nitrogens is 1. The molecule has 0 spiro atoms. The second-order valence-electron chi connectivity index (χ2n) is 13.3. The molecule has 1 heterocycles. The van der Waals surface area contributed by atoms with Crippen LogP contribution in [0.15, 0.2) is 78.9 Å². The molecule has 1 aromatic heterocycles. The number of nitrogens with zero attached hydrogens (tertiary/aromatic N) is 1. The quantitative estimate of drug-likeness (QED) is 0.0695. The fourth-order valence-electron chi connectivity index (χ4n) is 7.96. The first kappa shape index (κ1) is 31.1. The van der Waals surface area contributed by atoms with Crippen LogP contribution in [0.25, 0.3) is 44.1 Å². The van der Waals surface area contributed by atoms with Crippen molar-refractivity contribution >= 4 is 27.5 Å². The van der Waals surface area contributed by atoms with E-state index < -0.39 is 0 Å². The molecule has 0 fully saturated rings. The first-order valence-corrected chi connectivity index (χ1v) is 17.5. The highest BCUT2D eigenvalue weighted by Gasteiger charge is 2.43. The van der Waals surface area contributed by atoms with Gasteiger partial charge >= 0.3 is 0 Å². The van der Waals surface area contributed by atoms with Gasteiger partial charge in [0.25, 0.3) is 5.69 Å². The van der Waals surface area contributed by atoms with Crippen LogP contribution >= 0.6 is 0 Å². The Labute approximate surface area is 268 Å². The maximum atomic E-state index is 12.0. The van der Waals surface area contributed by atoms with Crippen LogP contribution in [0.1, 0.15) is 115 Å². The first-order valence-electron chi connectivity index (χ1n) is 17.5. The van der Waals surface area contributed by atoms with E-state index in [0.29, 0.717) is 0 Å². The zero-order chi connectivity index (χ0) is 31.2. The van der Waals surface area contributed by atoms with E-state index in [1.165, 1.54) is 114 Å². The van der Waals surface area contributed by atoms with Gasteiger partial charge in [0.1, 0.15) is 0 Å². The van der Waals surface area contributed by atoms with Gasteiger partial charge in [-0.25, -0.2) is 0 Å². The standard InChI is InChI=1S/C41H48N2O2/c1-3-5-7-9-11-15-26-41(27-16-12-10-8-6-4-2)37-28-30(22-24-33(37)34-25-23-31(43(44)45)29-38(34)41)32-19-17-20-36-35-18-13-14-21-39(35)42-40(32)36/h13-14,17-25,28-29,42H,3-12,15-16,26-27H2,1-2H3. The summed E-state index contributed by atoms with van der Waals surface area (Å²) in [7, 11) is 0. The van der Waals surface area contributed by atoms with Crippen LogP contribution < -0.4 is 0 Å². The van der Waals surface area contributed by atoms with Crippen molar-refractivity contribution in [1.29, 1.82) is 0 Å². The maximum Gasteiger partial charge on any atom is 0.269 e. The van der Waals surface area contributed by atoms with E-state index in [1.54, 1.807) is 6.07 Å². The molecule has 1 N–H and O–H groups in total. The molecule has 234 valence electrons. The lowest BCUT2D eigenvalue weighted by atomic mass is 9.70. The van der Waals surface area contributed by atoms with Crippen LogP contribution in [-0.4, -0.2) is 9.91 Å². The van der Waals surface area contributed by atoms with E-state index in [4.69, 9.17) is 0 Å². The lowest BCUT2D eigenvalue weighted by molar-refractivity contribution is -0.384. The molecule has 4 nitrogen and oxygen atoms in total. The molecule has 0 saturated carbocycles. The van der Waals surface area contributed by atoms with Crippen LogP contribution in [0.2, 0.25) is 0 Å². The van der Waals surface area contributed by atoms with Crippen molar-refractivity contribution in [1.82, 2.24) is 4.98 Å². The maximum absolute atomic E-state index is 12.0. The number of unbranched alkanes of at least 4 members (excludes halogenated alkanes) is 10. The van der Waals surface area contributed by atoms with Crippen molar-refractivity contribution in [2.45, 2.75) is 109 Å². The van der Waals surface area contributed by atoms with Gasteiger partial charge in [-0.05, 0) is 58.9 Å².